The monoisotopic (exact) mass is 522 g/mol. The normalized spacial score (nSPS) is 13.8. The third-order valence-electron chi connectivity index (χ3n) is 6.31. The highest BCUT2D eigenvalue weighted by molar-refractivity contribution is 5.80. The van der Waals surface area contributed by atoms with Crippen LogP contribution < -0.4 is 16.2 Å². The van der Waals surface area contributed by atoms with Gasteiger partial charge in [0.15, 0.2) is 5.65 Å². The largest absolute Gasteiger partial charge is 0.408 e. The first-order chi connectivity index (χ1) is 18.0. The molecule has 4 aromatic rings. The van der Waals surface area contributed by atoms with Crippen LogP contribution in [-0.2, 0) is 24.9 Å². The maximum absolute atomic E-state index is 13.6. The van der Waals surface area contributed by atoms with Crippen LogP contribution in [0.15, 0.2) is 41.5 Å². The summed E-state index contributed by atoms with van der Waals surface area (Å²) in [6.07, 6.45) is -1.20. The topological polar surface area (TPSA) is 94.0 Å². The minimum Gasteiger partial charge on any atom is -0.324 e. The Morgan fingerprint density at radius 1 is 1.16 bits per heavy atom. The highest BCUT2D eigenvalue weighted by Crippen LogP contribution is 2.36. The first-order valence-electron chi connectivity index (χ1n) is 12.0. The molecule has 0 radical (unpaired) electrons. The molecule has 12 heteroatoms. The number of nitrogens with zero attached hydrogens (tertiary/aromatic N) is 6. The van der Waals surface area contributed by atoms with Crippen LogP contribution in [0, 0.1) is 6.57 Å². The molecule has 1 aliphatic rings. The van der Waals surface area contributed by atoms with Crippen LogP contribution in [0.1, 0.15) is 37.6 Å². The van der Waals surface area contributed by atoms with Crippen molar-refractivity contribution in [1.82, 2.24) is 29.6 Å². The summed E-state index contributed by atoms with van der Waals surface area (Å²) < 4.78 is 42.4. The number of nitrogens with one attached hydrogen (secondary N) is 2. The van der Waals surface area contributed by atoms with Crippen LogP contribution in [0.4, 0.5) is 30.5 Å². The summed E-state index contributed by atoms with van der Waals surface area (Å²) in [6, 6.07) is 7.27. The van der Waals surface area contributed by atoms with Crippen molar-refractivity contribution in [3.63, 3.8) is 0 Å². The molecule has 0 fully saturated rings. The summed E-state index contributed by atoms with van der Waals surface area (Å²) in [5, 5.41) is 6.32. The van der Waals surface area contributed by atoms with Gasteiger partial charge in [-0.1, -0.05) is 26.8 Å². The van der Waals surface area contributed by atoms with E-state index in [4.69, 9.17) is 6.57 Å². The standard InChI is InChI=1S/C26H25F3N8O/c1-25(2,3)21-20(30-4)19(8-10-32-21)37-22-18(23(38)36(37)14-26(27,28)29)13-33-24(35-22)34-17-6-5-16-12-31-9-7-15(16)11-17/h5-6,8,10-11,13,31H,7,9,12,14H2,1-3H3,(H,33,34,35). The lowest BCUT2D eigenvalue weighted by Crippen LogP contribution is -2.30. The number of alkyl halides is 3. The van der Waals surface area contributed by atoms with Crippen molar-refractivity contribution in [2.45, 2.75) is 51.9 Å². The van der Waals surface area contributed by atoms with Gasteiger partial charge in [-0.2, -0.15) is 18.2 Å². The molecule has 1 aromatic carbocycles. The maximum Gasteiger partial charge on any atom is 0.408 e. The van der Waals surface area contributed by atoms with Crippen LogP contribution >= 0.6 is 0 Å². The van der Waals surface area contributed by atoms with Crippen molar-refractivity contribution in [2.24, 2.45) is 0 Å². The van der Waals surface area contributed by atoms with E-state index in [2.05, 4.69) is 30.4 Å². The highest BCUT2D eigenvalue weighted by atomic mass is 19.4. The smallest absolute Gasteiger partial charge is 0.324 e. The van der Waals surface area contributed by atoms with Crippen LogP contribution in [0.3, 0.4) is 0 Å². The number of hydrogen-bond donors (Lipinski definition) is 2. The summed E-state index contributed by atoms with van der Waals surface area (Å²) in [5.41, 5.74) is 2.09. The lowest BCUT2D eigenvalue weighted by molar-refractivity contribution is -0.144. The van der Waals surface area contributed by atoms with Crippen molar-refractivity contribution in [1.29, 1.82) is 0 Å². The van der Waals surface area contributed by atoms with Gasteiger partial charge in [-0.15, -0.1) is 0 Å². The first-order valence-corrected chi connectivity index (χ1v) is 12.0. The lowest BCUT2D eigenvalue weighted by Gasteiger charge is -2.22. The molecule has 0 aliphatic carbocycles. The van der Waals surface area contributed by atoms with E-state index in [0.717, 1.165) is 29.9 Å². The molecule has 1 aliphatic heterocycles. The first kappa shape index (κ1) is 25.4. The van der Waals surface area contributed by atoms with E-state index in [1.807, 2.05) is 39.0 Å². The maximum atomic E-state index is 13.6. The molecule has 0 amide bonds. The van der Waals surface area contributed by atoms with Crippen LogP contribution in [0.2, 0.25) is 0 Å². The Hall–Kier alpha value is -4.24. The number of hydrogen-bond acceptors (Lipinski definition) is 6. The average Bonchev–Trinajstić information content (AvgIpc) is 3.12. The van der Waals surface area contributed by atoms with Gasteiger partial charge >= 0.3 is 6.18 Å². The van der Waals surface area contributed by atoms with Gasteiger partial charge in [0.2, 0.25) is 11.6 Å². The van der Waals surface area contributed by atoms with Gasteiger partial charge in [-0.3, -0.25) is 9.78 Å². The van der Waals surface area contributed by atoms with Crippen molar-refractivity contribution in [2.75, 3.05) is 11.9 Å². The second-order valence-corrected chi connectivity index (χ2v) is 10.1. The summed E-state index contributed by atoms with van der Waals surface area (Å²) in [6.45, 7) is 13.4. The second-order valence-electron chi connectivity index (χ2n) is 10.1. The van der Waals surface area contributed by atoms with E-state index in [9.17, 15) is 18.0 Å². The molecular weight excluding hydrogens is 497 g/mol. The van der Waals surface area contributed by atoms with Crippen LogP contribution in [0.5, 0.6) is 0 Å². The Morgan fingerprint density at radius 2 is 1.95 bits per heavy atom. The molecule has 2 N–H and O–H groups in total. The number of benzene rings is 1. The van der Waals surface area contributed by atoms with Crippen LogP contribution in [0.25, 0.3) is 21.6 Å². The molecule has 0 bridgehead atoms. The minimum atomic E-state index is -4.69. The summed E-state index contributed by atoms with van der Waals surface area (Å²) >= 11 is 0. The molecule has 0 saturated carbocycles. The highest BCUT2D eigenvalue weighted by Gasteiger charge is 2.33. The molecule has 38 heavy (non-hydrogen) atoms. The molecule has 0 atom stereocenters. The molecule has 0 unspecified atom stereocenters. The van der Waals surface area contributed by atoms with Crippen molar-refractivity contribution < 1.29 is 13.2 Å². The quantitative estimate of drug-likeness (QED) is 0.375. The van der Waals surface area contributed by atoms with E-state index in [0.29, 0.717) is 10.4 Å². The van der Waals surface area contributed by atoms with Gasteiger partial charge in [0, 0.05) is 24.6 Å². The second kappa shape index (κ2) is 9.25. The van der Waals surface area contributed by atoms with E-state index < -0.39 is 23.7 Å². The van der Waals surface area contributed by atoms with Crippen molar-refractivity contribution in [3.05, 3.63) is 75.3 Å². The zero-order valence-electron chi connectivity index (χ0n) is 21.0. The molecule has 196 valence electrons. The zero-order valence-corrected chi connectivity index (χ0v) is 21.0. The van der Waals surface area contributed by atoms with Crippen molar-refractivity contribution in [3.8, 4) is 5.69 Å². The summed E-state index contributed by atoms with van der Waals surface area (Å²) in [5.74, 6) is 0.110. The van der Waals surface area contributed by atoms with Gasteiger partial charge in [0.25, 0.3) is 5.56 Å². The lowest BCUT2D eigenvalue weighted by atomic mass is 9.90. The average molecular weight is 523 g/mol. The minimum absolute atomic E-state index is 0.0456. The predicted molar refractivity (Wildman–Crippen MR) is 137 cm³/mol. The number of rotatable bonds is 4. The molecule has 4 heterocycles. The Morgan fingerprint density at radius 3 is 2.66 bits per heavy atom. The molecule has 0 saturated heterocycles. The molecule has 0 spiro atoms. The number of pyridine rings is 1. The Kier molecular flexibility index (Phi) is 6.19. The number of fused-ring (bicyclic) bond motifs is 2. The fourth-order valence-electron chi connectivity index (χ4n) is 4.60. The van der Waals surface area contributed by atoms with Gasteiger partial charge in [-0.25, -0.2) is 19.2 Å². The summed E-state index contributed by atoms with van der Waals surface area (Å²) in [7, 11) is 0. The SMILES string of the molecule is [C-]#[N+]c1c(-n2c3nc(Nc4ccc5c(c4)CCNC5)ncc3c(=O)n2CC(F)(F)F)ccnc1C(C)(C)C. The number of halogens is 3. The Labute approximate surface area is 216 Å². The van der Waals surface area contributed by atoms with E-state index in [-0.39, 0.29) is 28.4 Å². The van der Waals surface area contributed by atoms with E-state index in [1.165, 1.54) is 29.6 Å². The van der Waals surface area contributed by atoms with Crippen molar-refractivity contribution >= 4 is 28.4 Å². The zero-order chi connectivity index (χ0) is 27.2. The predicted octanol–water partition coefficient (Wildman–Crippen LogP) is 4.78. The molecule has 3 aromatic heterocycles. The fraction of sp³-hybridized carbons (Fsp3) is 0.346. The van der Waals surface area contributed by atoms with Gasteiger partial charge in [0.1, 0.15) is 11.9 Å². The van der Waals surface area contributed by atoms with Gasteiger partial charge in [0.05, 0.1) is 18.0 Å². The van der Waals surface area contributed by atoms with Crippen LogP contribution in [-0.4, -0.2) is 37.0 Å². The van der Waals surface area contributed by atoms with Gasteiger partial charge in [-0.05, 0) is 47.7 Å². The Balaban J connectivity index is 1.70. The van der Waals surface area contributed by atoms with E-state index in [1.54, 1.807) is 0 Å². The number of anilines is 2. The fourth-order valence-corrected chi connectivity index (χ4v) is 4.60. The molecule has 9 nitrogen and oxygen atoms in total. The molecule has 5 rings (SSSR count). The number of aromatic nitrogens is 5. The third kappa shape index (κ3) is 4.72. The summed E-state index contributed by atoms with van der Waals surface area (Å²) in [4.78, 5) is 29.7. The Bertz CT molecular complexity index is 1640. The molecular formula is C26H25F3N8O. The van der Waals surface area contributed by atoms with E-state index >= 15 is 0 Å². The third-order valence-corrected chi connectivity index (χ3v) is 6.31. The van der Waals surface area contributed by atoms with Gasteiger partial charge < -0.3 is 10.6 Å².